The molecule has 0 saturated heterocycles. The average molecular weight is 251 g/mol. The van der Waals surface area contributed by atoms with Gasteiger partial charge < -0.3 is 10.1 Å². The molecule has 3 heteroatoms. The smallest absolute Gasteiger partial charge is 0.169 e. The van der Waals surface area contributed by atoms with Crippen molar-refractivity contribution in [2.24, 2.45) is 5.92 Å². The Balaban J connectivity index is 1.97. The zero-order valence-corrected chi connectivity index (χ0v) is 11.2. The summed E-state index contributed by atoms with van der Waals surface area (Å²) < 4.78 is 19.0. The number of rotatable bonds is 4. The van der Waals surface area contributed by atoms with Crippen LogP contribution in [0.4, 0.5) is 4.39 Å². The summed E-state index contributed by atoms with van der Waals surface area (Å²) in [5, 5.41) is 3.48. The van der Waals surface area contributed by atoms with Crippen molar-refractivity contribution in [2.45, 2.75) is 45.2 Å². The summed E-state index contributed by atoms with van der Waals surface area (Å²) in [6.45, 7) is 2.86. The molecule has 100 valence electrons. The van der Waals surface area contributed by atoms with Crippen molar-refractivity contribution < 1.29 is 9.13 Å². The molecule has 2 rings (SSSR count). The summed E-state index contributed by atoms with van der Waals surface area (Å²) in [7, 11) is 1.50. The molecule has 0 radical (unpaired) electrons. The molecule has 1 N–H and O–H groups in total. The van der Waals surface area contributed by atoms with Gasteiger partial charge in [-0.1, -0.05) is 31.9 Å². The van der Waals surface area contributed by atoms with E-state index in [0.29, 0.717) is 29.8 Å². The van der Waals surface area contributed by atoms with Gasteiger partial charge in [0.1, 0.15) is 0 Å². The molecule has 18 heavy (non-hydrogen) atoms. The van der Waals surface area contributed by atoms with E-state index in [-0.39, 0.29) is 5.82 Å². The van der Waals surface area contributed by atoms with Crippen molar-refractivity contribution >= 4 is 0 Å². The van der Waals surface area contributed by atoms with Crippen LogP contribution < -0.4 is 10.1 Å². The Hall–Kier alpha value is -1.09. The van der Waals surface area contributed by atoms with Gasteiger partial charge >= 0.3 is 0 Å². The first kappa shape index (κ1) is 13.3. The first-order valence-electron chi connectivity index (χ1n) is 6.77. The number of methoxy groups -OCH3 is 1. The SMILES string of the molecule is COc1cccc(CNC2CCCCC2C)c1F. The van der Waals surface area contributed by atoms with E-state index in [1.54, 1.807) is 6.07 Å². The second-order valence-corrected chi connectivity index (χ2v) is 5.18. The van der Waals surface area contributed by atoms with E-state index in [0.717, 1.165) is 0 Å². The zero-order chi connectivity index (χ0) is 13.0. The summed E-state index contributed by atoms with van der Waals surface area (Å²) in [4.78, 5) is 0. The van der Waals surface area contributed by atoms with Crippen molar-refractivity contribution in [3.05, 3.63) is 29.6 Å². The Morgan fingerprint density at radius 2 is 2.11 bits per heavy atom. The minimum absolute atomic E-state index is 0.240. The van der Waals surface area contributed by atoms with E-state index in [9.17, 15) is 4.39 Å². The highest BCUT2D eigenvalue weighted by Gasteiger charge is 2.21. The normalized spacial score (nSPS) is 23.9. The quantitative estimate of drug-likeness (QED) is 0.884. The Morgan fingerprint density at radius 1 is 1.33 bits per heavy atom. The molecular weight excluding hydrogens is 229 g/mol. The molecule has 0 heterocycles. The number of nitrogens with one attached hydrogen (secondary N) is 1. The third-order valence-corrected chi connectivity index (χ3v) is 3.93. The lowest BCUT2D eigenvalue weighted by atomic mass is 9.86. The van der Waals surface area contributed by atoms with E-state index in [2.05, 4.69) is 12.2 Å². The van der Waals surface area contributed by atoms with Crippen molar-refractivity contribution in [3.8, 4) is 5.75 Å². The molecule has 2 atom stereocenters. The van der Waals surface area contributed by atoms with Crippen LogP contribution in [0.15, 0.2) is 18.2 Å². The van der Waals surface area contributed by atoms with E-state index in [1.807, 2.05) is 12.1 Å². The van der Waals surface area contributed by atoms with Crippen molar-refractivity contribution in [3.63, 3.8) is 0 Å². The first-order chi connectivity index (χ1) is 8.72. The van der Waals surface area contributed by atoms with Crippen molar-refractivity contribution in [1.29, 1.82) is 0 Å². The molecule has 0 amide bonds. The van der Waals surface area contributed by atoms with E-state index in [4.69, 9.17) is 4.74 Å². The molecule has 1 aromatic carbocycles. The molecular formula is C15H22FNO. The molecule has 1 aromatic rings. The fourth-order valence-electron chi connectivity index (χ4n) is 2.71. The molecule has 0 aromatic heterocycles. The van der Waals surface area contributed by atoms with Crippen LogP contribution >= 0.6 is 0 Å². The van der Waals surface area contributed by atoms with E-state index in [1.165, 1.54) is 32.8 Å². The van der Waals surface area contributed by atoms with Gasteiger partial charge in [0.15, 0.2) is 11.6 Å². The number of ether oxygens (including phenoxy) is 1. The molecule has 1 aliphatic rings. The van der Waals surface area contributed by atoms with Gasteiger partial charge in [-0.2, -0.15) is 0 Å². The maximum atomic E-state index is 14.0. The Morgan fingerprint density at radius 3 is 2.83 bits per heavy atom. The standard InChI is InChI=1S/C15H22FNO/c1-11-6-3-4-8-13(11)17-10-12-7-5-9-14(18-2)15(12)16/h5,7,9,11,13,17H,3-4,6,8,10H2,1-2H3. The van der Waals surface area contributed by atoms with Gasteiger partial charge in [-0.25, -0.2) is 4.39 Å². The van der Waals surface area contributed by atoms with Gasteiger partial charge in [-0.05, 0) is 24.8 Å². The second-order valence-electron chi connectivity index (χ2n) is 5.18. The van der Waals surface area contributed by atoms with Gasteiger partial charge in [0.05, 0.1) is 7.11 Å². The number of hydrogen-bond donors (Lipinski definition) is 1. The van der Waals surface area contributed by atoms with Crippen LogP contribution in [0.1, 0.15) is 38.2 Å². The summed E-state index contributed by atoms with van der Waals surface area (Å²) in [6.07, 6.45) is 5.08. The molecule has 0 spiro atoms. The molecule has 1 fully saturated rings. The zero-order valence-electron chi connectivity index (χ0n) is 11.2. The maximum absolute atomic E-state index is 14.0. The molecule has 1 aliphatic carbocycles. The summed E-state index contributed by atoms with van der Waals surface area (Å²) in [6, 6.07) is 5.83. The Labute approximate surface area is 109 Å². The molecule has 2 nitrogen and oxygen atoms in total. The topological polar surface area (TPSA) is 21.3 Å². The molecule has 1 saturated carbocycles. The third-order valence-electron chi connectivity index (χ3n) is 3.93. The van der Waals surface area contributed by atoms with Gasteiger partial charge in [-0.3, -0.25) is 0 Å². The number of halogens is 1. The molecule has 0 aliphatic heterocycles. The van der Waals surface area contributed by atoms with Gasteiger partial charge in [-0.15, -0.1) is 0 Å². The predicted octanol–water partition coefficient (Wildman–Crippen LogP) is 3.50. The minimum atomic E-state index is -0.240. The van der Waals surface area contributed by atoms with Crippen molar-refractivity contribution in [2.75, 3.05) is 7.11 Å². The van der Waals surface area contributed by atoms with Crippen LogP contribution in [0.2, 0.25) is 0 Å². The Bertz CT molecular complexity index is 394. The summed E-state index contributed by atoms with van der Waals surface area (Å²) in [5.41, 5.74) is 0.687. The van der Waals surface area contributed by atoms with Crippen LogP contribution in [0.3, 0.4) is 0 Å². The highest BCUT2D eigenvalue weighted by atomic mass is 19.1. The number of hydrogen-bond acceptors (Lipinski definition) is 2. The third kappa shape index (κ3) is 3.02. The molecule has 0 bridgehead atoms. The first-order valence-corrected chi connectivity index (χ1v) is 6.77. The van der Waals surface area contributed by atoms with Gasteiger partial charge in [0, 0.05) is 18.2 Å². The van der Waals surface area contributed by atoms with Gasteiger partial charge in [0.25, 0.3) is 0 Å². The van der Waals surface area contributed by atoms with E-state index < -0.39 is 0 Å². The Kier molecular flexibility index (Phi) is 4.59. The second kappa shape index (κ2) is 6.19. The monoisotopic (exact) mass is 251 g/mol. The summed E-state index contributed by atoms with van der Waals surface area (Å²) >= 11 is 0. The van der Waals surface area contributed by atoms with Crippen LogP contribution in [0, 0.1) is 11.7 Å². The number of benzene rings is 1. The predicted molar refractivity (Wildman–Crippen MR) is 71.2 cm³/mol. The minimum Gasteiger partial charge on any atom is -0.494 e. The largest absolute Gasteiger partial charge is 0.494 e. The van der Waals surface area contributed by atoms with Crippen LogP contribution in [0.5, 0.6) is 5.75 Å². The fourth-order valence-corrected chi connectivity index (χ4v) is 2.71. The van der Waals surface area contributed by atoms with E-state index >= 15 is 0 Å². The lowest BCUT2D eigenvalue weighted by molar-refractivity contribution is 0.278. The van der Waals surface area contributed by atoms with Crippen molar-refractivity contribution in [1.82, 2.24) is 5.32 Å². The summed E-state index contributed by atoms with van der Waals surface area (Å²) in [5.74, 6) is 0.773. The average Bonchev–Trinajstić information content (AvgIpc) is 2.39. The molecule has 2 unspecified atom stereocenters. The fraction of sp³-hybridized carbons (Fsp3) is 0.600. The van der Waals surface area contributed by atoms with Crippen LogP contribution in [0.25, 0.3) is 0 Å². The van der Waals surface area contributed by atoms with Gasteiger partial charge in [0.2, 0.25) is 0 Å². The highest BCUT2D eigenvalue weighted by Crippen LogP contribution is 2.25. The van der Waals surface area contributed by atoms with Crippen LogP contribution in [-0.4, -0.2) is 13.2 Å². The lowest BCUT2D eigenvalue weighted by Gasteiger charge is -2.29. The van der Waals surface area contributed by atoms with Crippen LogP contribution in [-0.2, 0) is 6.54 Å². The lowest BCUT2D eigenvalue weighted by Crippen LogP contribution is -2.36. The highest BCUT2D eigenvalue weighted by molar-refractivity contribution is 5.30. The maximum Gasteiger partial charge on any atom is 0.169 e.